The molecule has 114 valence electrons. The lowest BCUT2D eigenvalue weighted by Crippen LogP contribution is -2.33. The van der Waals surface area contributed by atoms with Crippen LogP contribution in [0.3, 0.4) is 0 Å². The highest BCUT2D eigenvalue weighted by atomic mass is 16.3. The number of hydrogen-bond donors (Lipinski definition) is 1. The molecule has 0 saturated heterocycles. The van der Waals surface area contributed by atoms with Crippen molar-refractivity contribution in [1.29, 1.82) is 0 Å². The van der Waals surface area contributed by atoms with Crippen LogP contribution in [-0.4, -0.2) is 11.2 Å². The first-order chi connectivity index (χ1) is 9.50. The molecule has 0 heterocycles. The fraction of sp³-hybridized carbons (Fsp3) is 0.789. The lowest BCUT2D eigenvalue weighted by Gasteiger charge is -2.36. The highest BCUT2D eigenvalue weighted by Gasteiger charge is 2.33. The van der Waals surface area contributed by atoms with Crippen LogP contribution in [0.5, 0.6) is 0 Å². The van der Waals surface area contributed by atoms with Crippen LogP contribution in [0.2, 0.25) is 0 Å². The zero-order valence-electron chi connectivity index (χ0n) is 13.6. The van der Waals surface area contributed by atoms with E-state index in [9.17, 15) is 5.11 Å². The Labute approximate surface area is 125 Å². The standard InChI is InChI=1S/C19H32O/c1-15(16-10-6-4-7-11-16)14-19(2,3)18(20)17-12-8-5-9-13-17/h10,12,15,18,20H,4-9,11,13-14H2,1-3H3. The molecular weight excluding hydrogens is 244 g/mol. The summed E-state index contributed by atoms with van der Waals surface area (Å²) >= 11 is 0. The molecule has 0 aromatic heterocycles. The van der Waals surface area contributed by atoms with Crippen LogP contribution in [0.4, 0.5) is 0 Å². The molecule has 0 fully saturated rings. The van der Waals surface area contributed by atoms with Crippen molar-refractivity contribution >= 4 is 0 Å². The van der Waals surface area contributed by atoms with Gasteiger partial charge in [0.2, 0.25) is 0 Å². The Morgan fingerprint density at radius 3 is 2.05 bits per heavy atom. The third kappa shape index (κ3) is 3.97. The smallest absolute Gasteiger partial charge is 0.0801 e. The molecule has 0 aromatic carbocycles. The fourth-order valence-electron chi connectivity index (χ4n) is 3.96. The van der Waals surface area contributed by atoms with Crippen molar-refractivity contribution in [2.75, 3.05) is 0 Å². The summed E-state index contributed by atoms with van der Waals surface area (Å²) in [4.78, 5) is 0. The third-order valence-corrected chi connectivity index (χ3v) is 5.21. The van der Waals surface area contributed by atoms with Crippen LogP contribution in [-0.2, 0) is 0 Å². The van der Waals surface area contributed by atoms with Gasteiger partial charge < -0.3 is 5.11 Å². The van der Waals surface area contributed by atoms with E-state index in [0.29, 0.717) is 5.92 Å². The molecule has 0 aromatic rings. The second kappa shape index (κ2) is 6.93. The molecule has 2 aliphatic carbocycles. The Balaban J connectivity index is 1.98. The van der Waals surface area contributed by atoms with Gasteiger partial charge in [0, 0.05) is 0 Å². The van der Waals surface area contributed by atoms with Crippen molar-refractivity contribution < 1.29 is 5.11 Å². The maximum Gasteiger partial charge on any atom is 0.0801 e. The van der Waals surface area contributed by atoms with Gasteiger partial charge in [-0.25, -0.2) is 0 Å². The first-order valence-electron chi connectivity index (χ1n) is 8.56. The van der Waals surface area contributed by atoms with Crippen molar-refractivity contribution in [2.24, 2.45) is 11.3 Å². The average molecular weight is 276 g/mol. The quantitative estimate of drug-likeness (QED) is 0.666. The van der Waals surface area contributed by atoms with Gasteiger partial charge in [0.25, 0.3) is 0 Å². The van der Waals surface area contributed by atoms with Crippen molar-refractivity contribution in [3.8, 4) is 0 Å². The molecule has 2 atom stereocenters. The van der Waals surface area contributed by atoms with E-state index in [1.165, 1.54) is 44.1 Å². The summed E-state index contributed by atoms with van der Waals surface area (Å²) < 4.78 is 0. The van der Waals surface area contributed by atoms with Gasteiger partial charge in [-0.2, -0.15) is 0 Å². The Morgan fingerprint density at radius 1 is 1.00 bits per heavy atom. The molecule has 0 radical (unpaired) electrons. The lowest BCUT2D eigenvalue weighted by atomic mass is 9.72. The minimum Gasteiger partial charge on any atom is -0.388 e. The van der Waals surface area contributed by atoms with Crippen molar-refractivity contribution in [2.45, 2.75) is 84.7 Å². The second-order valence-electron chi connectivity index (χ2n) is 7.55. The van der Waals surface area contributed by atoms with Crippen LogP contribution in [0, 0.1) is 11.3 Å². The van der Waals surface area contributed by atoms with Crippen LogP contribution in [0.15, 0.2) is 23.3 Å². The van der Waals surface area contributed by atoms with Crippen molar-refractivity contribution in [3.63, 3.8) is 0 Å². The molecule has 0 spiro atoms. The lowest BCUT2D eigenvalue weighted by molar-refractivity contribution is 0.0610. The minimum atomic E-state index is -0.255. The predicted octanol–water partition coefficient (Wildman–Crippen LogP) is 5.40. The van der Waals surface area contributed by atoms with Gasteiger partial charge >= 0.3 is 0 Å². The molecule has 0 bridgehead atoms. The van der Waals surface area contributed by atoms with E-state index in [0.717, 1.165) is 19.3 Å². The van der Waals surface area contributed by atoms with E-state index in [2.05, 4.69) is 32.9 Å². The Hall–Kier alpha value is -0.560. The number of aliphatic hydroxyl groups is 1. The topological polar surface area (TPSA) is 20.2 Å². The first kappa shape index (κ1) is 15.8. The zero-order chi connectivity index (χ0) is 14.6. The number of allylic oxidation sites excluding steroid dienone is 3. The molecule has 0 aliphatic heterocycles. The van der Waals surface area contributed by atoms with Crippen molar-refractivity contribution in [3.05, 3.63) is 23.3 Å². The van der Waals surface area contributed by atoms with Crippen LogP contribution in [0.1, 0.15) is 78.6 Å². The van der Waals surface area contributed by atoms with E-state index in [1.807, 2.05) is 0 Å². The molecule has 2 rings (SSSR count). The van der Waals surface area contributed by atoms with E-state index in [1.54, 1.807) is 5.57 Å². The summed E-state index contributed by atoms with van der Waals surface area (Å²) in [6.07, 6.45) is 15.6. The maximum atomic E-state index is 10.8. The summed E-state index contributed by atoms with van der Waals surface area (Å²) in [5.41, 5.74) is 2.92. The molecule has 2 unspecified atom stereocenters. The molecule has 1 nitrogen and oxygen atoms in total. The predicted molar refractivity (Wildman–Crippen MR) is 86.7 cm³/mol. The zero-order valence-corrected chi connectivity index (χ0v) is 13.6. The molecule has 20 heavy (non-hydrogen) atoms. The SMILES string of the molecule is CC(CC(C)(C)C(O)C1=CCCCC1)C1=CCCCC1. The van der Waals surface area contributed by atoms with Gasteiger partial charge in [-0.05, 0) is 74.7 Å². The number of rotatable bonds is 5. The Bertz CT molecular complexity index is 375. The Morgan fingerprint density at radius 2 is 1.55 bits per heavy atom. The normalized spacial score (nSPS) is 23.8. The van der Waals surface area contributed by atoms with Gasteiger partial charge in [0.05, 0.1) is 6.10 Å². The van der Waals surface area contributed by atoms with Gasteiger partial charge in [-0.1, -0.05) is 38.5 Å². The summed E-state index contributed by atoms with van der Waals surface area (Å²) in [7, 11) is 0. The van der Waals surface area contributed by atoms with Crippen LogP contribution < -0.4 is 0 Å². The monoisotopic (exact) mass is 276 g/mol. The maximum absolute atomic E-state index is 10.8. The van der Waals surface area contributed by atoms with Gasteiger partial charge in [-0.3, -0.25) is 0 Å². The fourth-order valence-corrected chi connectivity index (χ4v) is 3.96. The van der Waals surface area contributed by atoms with Gasteiger partial charge in [-0.15, -0.1) is 0 Å². The summed E-state index contributed by atoms with van der Waals surface area (Å²) in [5.74, 6) is 0.615. The largest absolute Gasteiger partial charge is 0.388 e. The van der Waals surface area contributed by atoms with Gasteiger partial charge in [0.1, 0.15) is 0 Å². The highest BCUT2D eigenvalue weighted by molar-refractivity contribution is 5.16. The molecular formula is C19H32O. The number of aliphatic hydroxyl groups excluding tert-OH is 1. The minimum absolute atomic E-state index is 0.0130. The van der Waals surface area contributed by atoms with E-state index in [-0.39, 0.29) is 11.5 Å². The van der Waals surface area contributed by atoms with Crippen LogP contribution in [0.25, 0.3) is 0 Å². The average Bonchev–Trinajstić information content (AvgIpc) is 2.48. The first-order valence-corrected chi connectivity index (χ1v) is 8.56. The van der Waals surface area contributed by atoms with E-state index < -0.39 is 0 Å². The molecule has 0 saturated carbocycles. The van der Waals surface area contributed by atoms with Crippen LogP contribution >= 0.6 is 0 Å². The summed E-state index contributed by atoms with van der Waals surface area (Å²) in [6.45, 7) is 6.83. The van der Waals surface area contributed by atoms with E-state index in [4.69, 9.17) is 0 Å². The summed E-state index contributed by atoms with van der Waals surface area (Å²) in [5, 5.41) is 10.8. The molecule has 2 aliphatic rings. The third-order valence-electron chi connectivity index (χ3n) is 5.21. The summed E-state index contributed by atoms with van der Waals surface area (Å²) in [6, 6.07) is 0. The molecule has 1 N–H and O–H groups in total. The molecule has 0 amide bonds. The highest BCUT2D eigenvalue weighted by Crippen LogP contribution is 2.39. The Kier molecular flexibility index (Phi) is 5.49. The van der Waals surface area contributed by atoms with Gasteiger partial charge in [0.15, 0.2) is 0 Å². The van der Waals surface area contributed by atoms with E-state index >= 15 is 0 Å². The molecule has 1 heteroatoms. The van der Waals surface area contributed by atoms with Crippen molar-refractivity contribution in [1.82, 2.24) is 0 Å². The second-order valence-corrected chi connectivity index (χ2v) is 7.55. The number of hydrogen-bond acceptors (Lipinski definition) is 1.